The summed E-state index contributed by atoms with van der Waals surface area (Å²) in [5.74, 6) is -1.81. The molecule has 0 unspecified atom stereocenters. The molecule has 1 aromatic rings. The number of nitrogens with one attached hydrogen (secondary N) is 1. The Balaban J connectivity index is 1.79. The van der Waals surface area contributed by atoms with Gasteiger partial charge in [0.1, 0.15) is 6.10 Å². The molecular weight excluding hydrogens is 350 g/mol. The van der Waals surface area contributed by atoms with Gasteiger partial charge in [-0.1, -0.05) is 12.1 Å². The number of rotatable bonds is 8. The number of hydrogen-bond acceptors (Lipinski definition) is 6. The molecule has 0 atom stereocenters. The predicted octanol–water partition coefficient (Wildman–Crippen LogP) is 2.12. The molecule has 1 aromatic carbocycles. The van der Waals surface area contributed by atoms with E-state index in [1.807, 2.05) is 0 Å². The quantitative estimate of drug-likeness (QED) is 0.555. The van der Waals surface area contributed by atoms with Gasteiger partial charge in [0.2, 0.25) is 5.91 Å². The monoisotopic (exact) mass is 371 g/mol. The minimum atomic E-state index is -0.592. The van der Waals surface area contributed by atoms with E-state index in [1.54, 1.807) is 24.3 Å². The van der Waals surface area contributed by atoms with Gasteiger partial charge in [0, 0.05) is 30.3 Å². The van der Waals surface area contributed by atoms with E-state index < -0.39 is 17.8 Å². The van der Waals surface area contributed by atoms with Gasteiger partial charge in [0.15, 0.2) is 5.78 Å². The number of carbonyl (C=O) groups is 4. The van der Waals surface area contributed by atoms with Crippen molar-refractivity contribution in [3.63, 3.8) is 0 Å². The Bertz CT molecular complexity index is 759. The third-order valence-corrected chi connectivity index (χ3v) is 3.91. The molecule has 1 N–H and O–H groups in total. The summed E-state index contributed by atoms with van der Waals surface area (Å²) in [4.78, 5) is 46.0. The Morgan fingerprint density at radius 3 is 2.26 bits per heavy atom. The molecule has 0 bridgehead atoms. The third-order valence-electron chi connectivity index (χ3n) is 3.91. The van der Waals surface area contributed by atoms with Gasteiger partial charge in [-0.3, -0.25) is 9.59 Å². The zero-order chi connectivity index (χ0) is 19.6. The maximum Gasteiger partial charge on any atom is 0.331 e. The Kier molecular flexibility index (Phi) is 7.49. The minimum absolute atomic E-state index is 0.0251. The second kappa shape index (κ2) is 10.1. The number of allylic oxidation sites excluding steroid dienone is 1. The van der Waals surface area contributed by atoms with Crippen LogP contribution < -0.4 is 5.32 Å². The number of ketones is 1. The summed E-state index contributed by atoms with van der Waals surface area (Å²) in [7, 11) is 1.23. The van der Waals surface area contributed by atoms with Gasteiger partial charge in [0.25, 0.3) is 0 Å². The van der Waals surface area contributed by atoms with Gasteiger partial charge >= 0.3 is 11.9 Å². The van der Waals surface area contributed by atoms with Crippen LogP contribution in [0.3, 0.4) is 0 Å². The lowest BCUT2D eigenvalue weighted by Gasteiger charge is -2.24. The Hall–Kier alpha value is -3.22. The van der Waals surface area contributed by atoms with Crippen molar-refractivity contribution in [3.05, 3.63) is 54.1 Å². The summed E-state index contributed by atoms with van der Waals surface area (Å²) in [6.45, 7) is 0. The Labute approximate surface area is 157 Å². The van der Waals surface area contributed by atoms with Gasteiger partial charge in [-0.05, 0) is 43.0 Å². The number of methoxy groups -OCH3 is 1. The smallest absolute Gasteiger partial charge is 0.331 e. The first-order chi connectivity index (χ1) is 13.0. The highest BCUT2D eigenvalue weighted by atomic mass is 16.5. The van der Waals surface area contributed by atoms with Gasteiger partial charge in [-0.25, -0.2) is 9.59 Å². The number of anilines is 1. The summed E-state index contributed by atoms with van der Waals surface area (Å²) >= 11 is 0. The first kappa shape index (κ1) is 20.1. The van der Waals surface area contributed by atoms with E-state index in [0.29, 0.717) is 5.69 Å². The molecule has 0 heterocycles. The number of carbonyl (C=O) groups excluding carboxylic acids is 4. The van der Waals surface area contributed by atoms with Gasteiger partial charge in [0.05, 0.1) is 7.11 Å². The Morgan fingerprint density at radius 1 is 1.00 bits per heavy atom. The molecule has 1 aliphatic rings. The standard InChI is InChI=1S/C20H21NO6/c1-26-19(24)11-9-16(22)13-14-5-7-15(8-6-14)21-18(23)10-12-20(25)27-17-3-2-4-17/h5-12,17H,2-4,13H2,1H3,(H,21,23)/b11-9-,12-10-. The van der Waals surface area contributed by atoms with E-state index in [2.05, 4.69) is 10.1 Å². The number of hydrogen-bond donors (Lipinski definition) is 1. The van der Waals surface area contributed by atoms with E-state index in [4.69, 9.17) is 4.74 Å². The maximum atomic E-state index is 11.8. The van der Waals surface area contributed by atoms with Crippen molar-refractivity contribution in [2.75, 3.05) is 12.4 Å². The highest BCUT2D eigenvalue weighted by molar-refractivity contribution is 6.02. The molecule has 1 fully saturated rings. The molecular formula is C20H21NO6. The lowest BCUT2D eigenvalue weighted by molar-refractivity contribution is -0.146. The van der Waals surface area contributed by atoms with Crippen molar-refractivity contribution in [1.29, 1.82) is 0 Å². The fraction of sp³-hybridized carbons (Fsp3) is 0.300. The molecule has 142 valence electrons. The zero-order valence-corrected chi connectivity index (χ0v) is 15.0. The largest absolute Gasteiger partial charge is 0.466 e. The van der Waals surface area contributed by atoms with Crippen LogP contribution in [0.5, 0.6) is 0 Å². The number of esters is 2. The molecule has 1 amide bonds. The van der Waals surface area contributed by atoms with Crippen LogP contribution in [0.15, 0.2) is 48.6 Å². The highest BCUT2D eigenvalue weighted by Crippen LogP contribution is 2.21. The topological polar surface area (TPSA) is 98.8 Å². The molecule has 2 rings (SSSR count). The first-order valence-electron chi connectivity index (χ1n) is 8.54. The van der Waals surface area contributed by atoms with Crippen LogP contribution in [0.4, 0.5) is 5.69 Å². The third kappa shape index (κ3) is 7.27. The minimum Gasteiger partial charge on any atom is -0.466 e. The summed E-state index contributed by atoms with van der Waals surface area (Å²) < 4.78 is 9.52. The fourth-order valence-corrected chi connectivity index (χ4v) is 2.21. The Morgan fingerprint density at radius 2 is 1.67 bits per heavy atom. The molecule has 0 aromatic heterocycles. The number of ether oxygens (including phenoxy) is 2. The molecule has 1 saturated carbocycles. The van der Waals surface area contributed by atoms with E-state index in [0.717, 1.165) is 49.1 Å². The molecule has 7 heteroatoms. The van der Waals surface area contributed by atoms with E-state index in [-0.39, 0.29) is 18.3 Å². The fourth-order valence-electron chi connectivity index (χ4n) is 2.21. The second-order valence-electron chi connectivity index (χ2n) is 6.01. The molecule has 0 aliphatic heterocycles. The zero-order valence-electron chi connectivity index (χ0n) is 15.0. The van der Waals surface area contributed by atoms with Gasteiger partial charge in [-0.15, -0.1) is 0 Å². The summed E-state index contributed by atoms with van der Waals surface area (Å²) in [5.41, 5.74) is 1.26. The number of amides is 1. The van der Waals surface area contributed by atoms with Crippen LogP contribution in [-0.4, -0.2) is 36.8 Å². The second-order valence-corrected chi connectivity index (χ2v) is 6.01. The van der Waals surface area contributed by atoms with Crippen molar-refractivity contribution in [3.8, 4) is 0 Å². The summed E-state index contributed by atoms with van der Waals surface area (Å²) in [5, 5.41) is 2.61. The van der Waals surface area contributed by atoms with E-state index in [1.165, 1.54) is 7.11 Å². The SMILES string of the molecule is COC(=O)/C=C\C(=O)Cc1ccc(NC(=O)/C=C\C(=O)OC2CCC2)cc1. The highest BCUT2D eigenvalue weighted by Gasteiger charge is 2.20. The van der Waals surface area contributed by atoms with Crippen molar-refractivity contribution in [2.45, 2.75) is 31.8 Å². The average Bonchev–Trinajstić information content (AvgIpc) is 2.62. The van der Waals surface area contributed by atoms with Crippen molar-refractivity contribution >= 4 is 29.3 Å². The van der Waals surface area contributed by atoms with Crippen molar-refractivity contribution in [1.82, 2.24) is 0 Å². The molecule has 0 spiro atoms. The molecule has 0 saturated heterocycles. The summed E-state index contributed by atoms with van der Waals surface area (Å²) in [6, 6.07) is 6.66. The van der Waals surface area contributed by atoms with Crippen molar-refractivity contribution in [2.24, 2.45) is 0 Å². The van der Waals surface area contributed by atoms with Crippen LogP contribution in [-0.2, 0) is 35.1 Å². The van der Waals surface area contributed by atoms with Gasteiger partial charge in [-0.2, -0.15) is 0 Å². The predicted molar refractivity (Wildman–Crippen MR) is 97.8 cm³/mol. The van der Waals surface area contributed by atoms with Crippen LogP contribution in [0.2, 0.25) is 0 Å². The summed E-state index contributed by atoms with van der Waals surface area (Å²) in [6.07, 6.45) is 7.36. The lowest BCUT2D eigenvalue weighted by atomic mass is 9.96. The molecule has 0 radical (unpaired) electrons. The van der Waals surface area contributed by atoms with Gasteiger partial charge < -0.3 is 14.8 Å². The maximum absolute atomic E-state index is 11.8. The molecule has 1 aliphatic carbocycles. The molecule has 7 nitrogen and oxygen atoms in total. The van der Waals surface area contributed by atoms with Crippen molar-refractivity contribution < 1.29 is 28.7 Å². The lowest BCUT2D eigenvalue weighted by Crippen LogP contribution is -2.24. The van der Waals surface area contributed by atoms with Crippen LogP contribution >= 0.6 is 0 Å². The van der Waals surface area contributed by atoms with Crippen LogP contribution in [0.25, 0.3) is 0 Å². The first-order valence-corrected chi connectivity index (χ1v) is 8.54. The van der Waals surface area contributed by atoms with E-state index >= 15 is 0 Å². The normalized spacial score (nSPS) is 14.0. The molecule has 27 heavy (non-hydrogen) atoms. The average molecular weight is 371 g/mol. The van der Waals surface area contributed by atoms with E-state index in [9.17, 15) is 19.2 Å². The van der Waals surface area contributed by atoms with Crippen LogP contribution in [0, 0.1) is 0 Å². The number of benzene rings is 1. The van der Waals surface area contributed by atoms with Crippen LogP contribution in [0.1, 0.15) is 24.8 Å².